The number of hydrogen-bond acceptors (Lipinski definition) is 4. The Kier molecular flexibility index (Phi) is 5.88. The van der Waals surface area contributed by atoms with Crippen LogP contribution < -0.4 is 5.32 Å². The lowest BCUT2D eigenvalue weighted by molar-refractivity contribution is -0.157. The number of hydrogen-bond donors (Lipinski definition) is 1. The summed E-state index contributed by atoms with van der Waals surface area (Å²) in [6, 6.07) is 7.80. The molecule has 0 aliphatic carbocycles. The predicted octanol–water partition coefficient (Wildman–Crippen LogP) is 0.461. The molecule has 0 radical (unpaired) electrons. The predicted molar refractivity (Wildman–Crippen MR) is 95.2 cm³/mol. The first-order valence-corrected chi connectivity index (χ1v) is 9.05. The molecule has 1 N–H and O–H groups in total. The normalized spacial score (nSPS) is 20.6. The minimum atomic E-state index is -0.614. The van der Waals surface area contributed by atoms with Gasteiger partial charge in [-0.1, -0.05) is 24.3 Å². The molecule has 7 heteroatoms. The molecule has 3 rings (SSSR count). The van der Waals surface area contributed by atoms with Crippen LogP contribution in [0, 0.1) is 6.92 Å². The lowest BCUT2D eigenvalue weighted by atomic mass is 10.1. The largest absolute Gasteiger partial charge is 0.376 e. The second-order valence-electron chi connectivity index (χ2n) is 6.82. The molecule has 1 aromatic carbocycles. The van der Waals surface area contributed by atoms with E-state index in [2.05, 4.69) is 5.32 Å². The number of carbonyl (C=O) groups excluding carboxylic acids is 3. The summed E-state index contributed by atoms with van der Waals surface area (Å²) in [5.74, 6) is -1.42. The van der Waals surface area contributed by atoms with Gasteiger partial charge in [-0.15, -0.1) is 0 Å². The van der Waals surface area contributed by atoms with Crippen molar-refractivity contribution in [3.63, 3.8) is 0 Å². The highest BCUT2D eigenvalue weighted by Crippen LogP contribution is 2.14. The highest BCUT2D eigenvalue weighted by atomic mass is 16.5. The molecule has 0 bridgehead atoms. The van der Waals surface area contributed by atoms with Crippen molar-refractivity contribution in [2.75, 3.05) is 32.8 Å². The summed E-state index contributed by atoms with van der Waals surface area (Å²) < 4.78 is 5.46. The third-order valence-electron chi connectivity index (χ3n) is 4.91. The highest BCUT2D eigenvalue weighted by molar-refractivity contribution is 6.35. The first-order chi connectivity index (χ1) is 12.5. The van der Waals surface area contributed by atoms with Crippen molar-refractivity contribution >= 4 is 17.7 Å². The quantitative estimate of drug-likeness (QED) is 0.749. The second-order valence-corrected chi connectivity index (χ2v) is 6.82. The first kappa shape index (κ1) is 18.4. The van der Waals surface area contributed by atoms with Gasteiger partial charge in [-0.25, -0.2) is 0 Å². The lowest BCUT2D eigenvalue weighted by Gasteiger charge is -2.33. The Morgan fingerprint density at radius 1 is 1.19 bits per heavy atom. The van der Waals surface area contributed by atoms with Gasteiger partial charge in [-0.2, -0.15) is 0 Å². The Morgan fingerprint density at radius 3 is 2.65 bits per heavy atom. The van der Waals surface area contributed by atoms with Crippen molar-refractivity contribution in [3.05, 3.63) is 35.4 Å². The highest BCUT2D eigenvalue weighted by Gasteiger charge is 2.33. The summed E-state index contributed by atoms with van der Waals surface area (Å²) >= 11 is 0. The Balaban J connectivity index is 1.50. The van der Waals surface area contributed by atoms with E-state index in [0.717, 1.165) is 30.6 Å². The third-order valence-corrected chi connectivity index (χ3v) is 4.91. The zero-order chi connectivity index (χ0) is 18.5. The molecule has 26 heavy (non-hydrogen) atoms. The second kappa shape index (κ2) is 8.31. The molecule has 1 atom stereocenters. The van der Waals surface area contributed by atoms with Crippen LogP contribution in [0.5, 0.6) is 0 Å². The molecule has 2 aliphatic heterocycles. The number of benzene rings is 1. The monoisotopic (exact) mass is 359 g/mol. The molecule has 0 aromatic heterocycles. The van der Waals surface area contributed by atoms with Gasteiger partial charge in [-0.05, 0) is 30.9 Å². The number of nitrogens with zero attached hydrogens (tertiary/aromatic N) is 2. The van der Waals surface area contributed by atoms with Crippen LogP contribution in [0.4, 0.5) is 0 Å². The third kappa shape index (κ3) is 4.40. The summed E-state index contributed by atoms with van der Waals surface area (Å²) in [6.07, 6.45) is 2.01. The Bertz CT molecular complexity index is 685. The number of aryl methyl sites for hydroxylation is 1. The number of ether oxygens (including phenoxy) is 1. The van der Waals surface area contributed by atoms with Crippen molar-refractivity contribution in [2.24, 2.45) is 0 Å². The maximum atomic E-state index is 12.4. The fourth-order valence-corrected chi connectivity index (χ4v) is 3.27. The zero-order valence-corrected chi connectivity index (χ0v) is 15.1. The topological polar surface area (TPSA) is 79.0 Å². The fourth-order valence-electron chi connectivity index (χ4n) is 3.27. The maximum Gasteiger partial charge on any atom is 0.312 e. The van der Waals surface area contributed by atoms with Crippen LogP contribution in [0.25, 0.3) is 0 Å². The summed E-state index contributed by atoms with van der Waals surface area (Å²) in [4.78, 5) is 39.6. The molecule has 2 heterocycles. The Morgan fingerprint density at radius 2 is 1.92 bits per heavy atom. The van der Waals surface area contributed by atoms with E-state index in [1.165, 1.54) is 4.90 Å². The summed E-state index contributed by atoms with van der Waals surface area (Å²) in [7, 11) is 0. The molecular weight excluding hydrogens is 334 g/mol. The molecule has 0 saturated carbocycles. The van der Waals surface area contributed by atoms with Gasteiger partial charge in [0.25, 0.3) is 0 Å². The fraction of sp³-hybridized carbons (Fsp3) is 0.526. The van der Waals surface area contributed by atoms with Gasteiger partial charge in [0.1, 0.15) is 6.54 Å². The summed E-state index contributed by atoms with van der Waals surface area (Å²) in [5, 5.41) is 2.78. The van der Waals surface area contributed by atoms with Gasteiger partial charge >= 0.3 is 11.8 Å². The van der Waals surface area contributed by atoms with Crippen LogP contribution in [-0.2, 0) is 25.7 Å². The molecule has 2 aliphatic rings. The van der Waals surface area contributed by atoms with Crippen LogP contribution in [0.3, 0.4) is 0 Å². The van der Waals surface area contributed by atoms with Crippen molar-refractivity contribution < 1.29 is 19.1 Å². The van der Waals surface area contributed by atoms with E-state index in [-0.39, 0.29) is 18.6 Å². The van der Waals surface area contributed by atoms with E-state index in [1.54, 1.807) is 4.90 Å². The number of amides is 3. The summed E-state index contributed by atoms with van der Waals surface area (Å²) in [6.45, 7) is 4.29. The molecule has 140 valence electrons. The number of carbonyl (C=O) groups is 3. The minimum absolute atomic E-state index is 0.0576. The molecule has 0 spiro atoms. The van der Waals surface area contributed by atoms with Gasteiger partial charge in [0.2, 0.25) is 5.91 Å². The van der Waals surface area contributed by atoms with Crippen LogP contribution in [0.15, 0.2) is 24.3 Å². The van der Waals surface area contributed by atoms with Crippen molar-refractivity contribution in [2.45, 2.75) is 32.4 Å². The van der Waals surface area contributed by atoms with Crippen molar-refractivity contribution in [1.29, 1.82) is 0 Å². The SMILES string of the molecule is Cc1ccccc1CN1CCN(CC(=O)NCC2CCCO2)C(=O)C1=O. The average molecular weight is 359 g/mol. The number of rotatable bonds is 6. The van der Waals surface area contributed by atoms with Crippen LogP contribution in [0.2, 0.25) is 0 Å². The van der Waals surface area contributed by atoms with E-state index in [4.69, 9.17) is 4.74 Å². The van der Waals surface area contributed by atoms with Crippen LogP contribution in [-0.4, -0.2) is 66.4 Å². The van der Waals surface area contributed by atoms with E-state index in [9.17, 15) is 14.4 Å². The minimum Gasteiger partial charge on any atom is -0.376 e. The first-order valence-electron chi connectivity index (χ1n) is 9.05. The molecule has 1 aromatic rings. The van der Waals surface area contributed by atoms with Gasteiger partial charge in [0, 0.05) is 32.8 Å². The zero-order valence-electron chi connectivity index (χ0n) is 15.1. The smallest absolute Gasteiger partial charge is 0.312 e. The number of piperazine rings is 1. The van der Waals surface area contributed by atoms with Gasteiger partial charge in [0.05, 0.1) is 6.10 Å². The van der Waals surface area contributed by atoms with E-state index in [1.807, 2.05) is 31.2 Å². The maximum absolute atomic E-state index is 12.4. The van der Waals surface area contributed by atoms with E-state index in [0.29, 0.717) is 26.2 Å². The average Bonchev–Trinajstić information content (AvgIpc) is 3.15. The van der Waals surface area contributed by atoms with Gasteiger partial charge in [0.15, 0.2) is 0 Å². The van der Waals surface area contributed by atoms with Crippen molar-refractivity contribution in [3.8, 4) is 0 Å². The van der Waals surface area contributed by atoms with Gasteiger partial charge in [-0.3, -0.25) is 14.4 Å². The number of nitrogens with one attached hydrogen (secondary N) is 1. The van der Waals surface area contributed by atoms with E-state index < -0.39 is 11.8 Å². The lowest BCUT2D eigenvalue weighted by Crippen LogP contribution is -2.56. The van der Waals surface area contributed by atoms with Gasteiger partial charge < -0.3 is 19.9 Å². The van der Waals surface area contributed by atoms with Crippen LogP contribution in [0.1, 0.15) is 24.0 Å². The summed E-state index contributed by atoms with van der Waals surface area (Å²) in [5.41, 5.74) is 2.11. The molecule has 1 unspecified atom stereocenters. The van der Waals surface area contributed by atoms with E-state index >= 15 is 0 Å². The molecule has 2 saturated heterocycles. The molecular formula is C19H25N3O4. The Labute approximate surface area is 153 Å². The molecule has 3 amide bonds. The van der Waals surface area contributed by atoms with Crippen molar-refractivity contribution in [1.82, 2.24) is 15.1 Å². The Hall–Kier alpha value is -2.41. The molecule has 7 nitrogen and oxygen atoms in total. The standard InChI is InChI=1S/C19H25N3O4/c1-14-5-2-3-6-15(14)12-21-8-9-22(19(25)18(21)24)13-17(23)20-11-16-7-4-10-26-16/h2-3,5-6,16H,4,7-13H2,1H3,(H,20,23). The van der Waals surface area contributed by atoms with Crippen LogP contribution >= 0.6 is 0 Å². The molecule has 2 fully saturated rings.